The smallest absolute Gasteiger partial charge is 0.449 e. The fourth-order valence-electron chi connectivity index (χ4n) is 3.38. The highest BCUT2D eigenvalue weighted by molar-refractivity contribution is 5.69. The van der Waals surface area contributed by atoms with Crippen molar-refractivity contribution in [2.24, 2.45) is 5.92 Å². The zero-order valence-corrected chi connectivity index (χ0v) is 16.7. The molecule has 14 heteroatoms. The van der Waals surface area contributed by atoms with Crippen molar-refractivity contribution in [1.29, 1.82) is 0 Å². The van der Waals surface area contributed by atoms with Crippen molar-refractivity contribution in [2.75, 3.05) is 6.61 Å². The maximum absolute atomic E-state index is 12.1. The van der Waals surface area contributed by atoms with Crippen molar-refractivity contribution in [2.45, 2.75) is 69.4 Å². The maximum Gasteiger partial charge on any atom is 0.522 e. The van der Waals surface area contributed by atoms with Gasteiger partial charge in [0.1, 0.15) is 0 Å². The van der Waals surface area contributed by atoms with Crippen LogP contribution in [0.2, 0.25) is 0 Å². The summed E-state index contributed by atoms with van der Waals surface area (Å²) in [5.74, 6) is -0.0339. The van der Waals surface area contributed by atoms with Gasteiger partial charge in [-0.2, -0.15) is 0 Å². The van der Waals surface area contributed by atoms with Crippen molar-refractivity contribution >= 4 is 6.09 Å². The number of alkyl halides is 6. The molecule has 0 atom stereocenters. The minimum Gasteiger partial charge on any atom is -0.449 e. The third kappa shape index (κ3) is 7.65. The number of aryl methyl sites for hydroxylation is 1. The summed E-state index contributed by atoms with van der Waals surface area (Å²) in [5, 5.41) is 10.1. The number of halogens is 6. The van der Waals surface area contributed by atoms with Gasteiger partial charge in [-0.15, -0.1) is 36.5 Å². The number of nitrogens with one attached hydrogen (secondary N) is 1. The van der Waals surface area contributed by atoms with Crippen molar-refractivity contribution in [1.82, 2.24) is 15.5 Å². The average molecular weight is 473 g/mol. The topological polar surface area (TPSA) is 95.7 Å². The molecule has 0 radical (unpaired) electrons. The van der Waals surface area contributed by atoms with Crippen molar-refractivity contribution < 1.29 is 49.8 Å². The van der Waals surface area contributed by atoms with Crippen LogP contribution in [0.5, 0.6) is 0 Å². The highest BCUT2D eigenvalue weighted by atomic mass is 19.4. The minimum atomic E-state index is -4.67. The lowest BCUT2D eigenvalue weighted by molar-refractivity contribution is -0.355. The van der Waals surface area contributed by atoms with Crippen LogP contribution in [-0.4, -0.2) is 47.8 Å². The first-order chi connectivity index (χ1) is 14.9. The Morgan fingerprint density at radius 3 is 2.22 bits per heavy atom. The van der Waals surface area contributed by atoms with Crippen LogP contribution in [-0.2, 0) is 20.6 Å². The van der Waals surface area contributed by atoms with Crippen molar-refractivity contribution in [3.8, 4) is 0 Å². The van der Waals surface area contributed by atoms with E-state index in [1.54, 1.807) is 0 Å². The van der Waals surface area contributed by atoms with Gasteiger partial charge in [0.05, 0.1) is 18.8 Å². The fraction of sp³-hybridized carbons (Fsp3) is 0.722. The summed E-state index contributed by atoms with van der Waals surface area (Å²) in [4.78, 5) is 11.7. The first-order valence-electron chi connectivity index (χ1n) is 9.79. The quantitative estimate of drug-likeness (QED) is 0.533. The van der Waals surface area contributed by atoms with Gasteiger partial charge in [0.25, 0.3) is 0 Å². The summed E-state index contributed by atoms with van der Waals surface area (Å²) >= 11 is 0. The molecule has 1 N–H and O–H groups in total. The molecule has 8 nitrogen and oxygen atoms in total. The summed E-state index contributed by atoms with van der Waals surface area (Å²) in [5.41, 5.74) is 0.295. The Bertz CT molecular complexity index is 800. The van der Waals surface area contributed by atoms with E-state index < -0.39 is 31.0 Å². The SMILES string of the molecule is C=C(CCc1nnc(C2CC(OC(F)(F)F)C2)o1)NC(=O)OCC1CC(OC(F)(F)F)C1. The van der Waals surface area contributed by atoms with E-state index in [1.165, 1.54) is 0 Å². The summed E-state index contributed by atoms with van der Waals surface area (Å²) in [6.45, 7) is 3.63. The van der Waals surface area contributed by atoms with Gasteiger partial charge in [0.2, 0.25) is 11.8 Å². The largest absolute Gasteiger partial charge is 0.522 e. The van der Waals surface area contributed by atoms with Gasteiger partial charge in [0.15, 0.2) is 0 Å². The van der Waals surface area contributed by atoms with Gasteiger partial charge >= 0.3 is 18.8 Å². The lowest BCUT2D eigenvalue weighted by atomic mass is 9.82. The monoisotopic (exact) mass is 473 g/mol. The van der Waals surface area contributed by atoms with E-state index in [4.69, 9.17) is 9.15 Å². The molecule has 2 aliphatic carbocycles. The molecule has 2 saturated carbocycles. The zero-order valence-electron chi connectivity index (χ0n) is 16.7. The van der Waals surface area contributed by atoms with E-state index >= 15 is 0 Å². The Kier molecular flexibility index (Phi) is 7.32. The lowest BCUT2D eigenvalue weighted by Gasteiger charge is -2.34. The highest BCUT2D eigenvalue weighted by Gasteiger charge is 2.42. The fourth-order valence-corrected chi connectivity index (χ4v) is 3.38. The Balaban J connectivity index is 1.28. The van der Waals surface area contributed by atoms with Gasteiger partial charge in [-0.1, -0.05) is 6.58 Å². The summed E-state index contributed by atoms with van der Waals surface area (Å²) < 4.78 is 90.7. The number of carbonyl (C=O) groups is 1. The standard InChI is InChI=1S/C18H21F6N3O5/c1-9(25-16(28)29-8-10-4-12(5-10)31-17(19,20)21)2-3-14-26-27-15(30-14)11-6-13(7-11)32-18(22,23)24/h10-13H,1-8H2,(H,25,28). The second kappa shape index (κ2) is 9.65. The van der Waals surface area contributed by atoms with Gasteiger partial charge in [-0.05, 0) is 38.0 Å². The third-order valence-corrected chi connectivity index (χ3v) is 5.09. The lowest BCUT2D eigenvalue weighted by Crippen LogP contribution is -2.39. The maximum atomic E-state index is 12.1. The van der Waals surface area contributed by atoms with E-state index in [0.29, 0.717) is 5.70 Å². The summed E-state index contributed by atoms with van der Waals surface area (Å²) in [6, 6.07) is 0. The Hall–Kier alpha value is -2.35. The zero-order chi connectivity index (χ0) is 23.5. The van der Waals surface area contributed by atoms with Crippen LogP contribution in [0.25, 0.3) is 0 Å². The number of carbonyl (C=O) groups excluding carboxylic acids is 1. The molecule has 180 valence electrons. The van der Waals surface area contributed by atoms with Crippen LogP contribution in [0.1, 0.15) is 49.8 Å². The van der Waals surface area contributed by atoms with E-state index in [2.05, 4.69) is 31.6 Å². The molecule has 1 aromatic heterocycles. The van der Waals surface area contributed by atoms with Crippen LogP contribution in [0.4, 0.5) is 31.1 Å². The van der Waals surface area contributed by atoms with E-state index in [1.807, 2.05) is 0 Å². The number of hydrogen-bond donors (Lipinski definition) is 1. The highest BCUT2D eigenvalue weighted by Crippen LogP contribution is 2.40. The molecular formula is C18H21F6N3O5. The predicted octanol–water partition coefficient (Wildman–Crippen LogP) is 4.34. The van der Waals surface area contributed by atoms with Gasteiger partial charge in [-0.3, -0.25) is 14.8 Å². The Labute approximate surface area is 178 Å². The van der Waals surface area contributed by atoms with Crippen LogP contribution >= 0.6 is 0 Å². The molecule has 0 saturated heterocycles. The summed E-state index contributed by atoms with van der Waals surface area (Å²) in [6.07, 6.45) is -10.9. The number of aromatic nitrogens is 2. The van der Waals surface area contributed by atoms with Crippen LogP contribution in [0, 0.1) is 5.92 Å². The molecule has 2 aliphatic rings. The molecule has 0 unspecified atom stereocenters. The molecule has 0 aromatic carbocycles. The van der Waals surface area contributed by atoms with Gasteiger partial charge < -0.3 is 9.15 Å². The third-order valence-electron chi connectivity index (χ3n) is 5.09. The molecule has 3 rings (SSSR count). The molecule has 0 bridgehead atoms. The van der Waals surface area contributed by atoms with Crippen LogP contribution in [0.15, 0.2) is 16.7 Å². The van der Waals surface area contributed by atoms with Crippen LogP contribution < -0.4 is 5.32 Å². The van der Waals surface area contributed by atoms with Crippen molar-refractivity contribution in [3.05, 3.63) is 24.1 Å². The number of rotatable bonds is 9. The molecule has 1 amide bonds. The number of hydrogen-bond acceptors (Lipinski definition) is 7. The molecular weight excluding hydrogens is 452 g/mol. The second-order valence-corrected chi connectivity index (χ2v) is 7.74. The molecule has 1 heterocycles. The van der Waals surface area contributed by atoms with Crippen LogP contribution in [0.3, 0.4) is 0 Å². The number of amides is 1. The molecule has 0 aliphatic heterocycles. The molecule has 2 fully saturated rings. The number of alkyl carbamates (subject to hydrolysis) is 1. The second-order valence-electron chi connectivity index (χ2n) is 7.74. The number of allylic oxidation sites excluding steroid dienone is 1. The molecule has 0 spiro atoms. The average Bonchev–Trinajstić information content (AvgIpc) is 3.04. The van der Waals surface area contributed by atoms with Gasteiger partial charge in [0, 0.05) is 18.0 Å². The Morgan fingerprint density at radius 1 is 1.03 bits per heavy atom. The molecule has 1 aromatic rings. The van der Waals surface area contributed by atoms with Gasteiger partial charge in [-0.25, -0.2) is 4.79 Å². The number of nitrogens with zero attached hydrogens (tertiary/aromatic N) is 2. The number of ether oxygens (including phenoxy) is 3. The van der Waals surface area contributed by atoms with E-state index in [9.17, 15) is 31.1 Å². The first kappa shape index (κ1) is 24.3. The minimum absolute atomic E-state index is 0.0374. The Morgan fingerprint density at radius 2 is 1.62 bits per heavy atom. The normalized spacial score (nSPS) is 25.6. The molecule has 32 heavy (non-hydrogen) atoms. The van der Waals surface area contributed by atoms with E-state index in [0.717, 1.165) is 0 Å². The predicted molar refractivity (Wildman–Crippen MR) is 92.8 cm³/mol. The van der Waals surface area contributed by atoms with Crippen molar-refractivity contribution in [3.63, 3.8) is 0 Å². The van der Waals surface area contributed by atoms with E-state index in [-0.39, 0.29) is 68.7 Å². The summed E-state index contributed by atoms with van der Waals surface area (Å²) in [7, 11) is 0. The first-order valence-corrected chi connectivity index (χ1v) is 9.79.